The average Bonchev–Trinajstić information content (AvgIpc) is 3.11. The van der Waals surface area contributed by atoms with E-state index in [2.05, 4.69) is 26.2 Å². The third kappa shape index (κ3) is 3.68. The summed E-state index contributed by atoms with van der Waals surface area (Å²) >= 11 is 4.43. The number of aryl methyl sites for hydroxylation is 2. The summed E-state index contributed by atoms with van der Waals surface area (Å²) in [6.45, 7) is 3.39. The van der Waals surface area contributed by atoms with E-state index in [-0.39, 0.29) is 5.13 Å². The highest BCUT2D eigenvalue weighted by atomic mass is 79.9. The number of alkyl halides is 3. The fraction of sp³-hybridized carbons (Fsp3) is 0.176. The Labute approximate surface area is 159 Å². The number of nitrogens with one attached hydrogen (secondary N) is 1. The lowest BCUT2D eigenvalue weighted by molar-refractivity contribution is -0.137. The fourth-order valence-corrected chi connectivity index (χ4v) is 3.65. The van der Waals surface area contributed by atoms with Crippen LogP contribution in [0.25, 0.3) is 11.3 Å². The number of rotatable bonds is 3. The van der Waals surface area contributed by atoms with Crippen molar-refractivity contribution in [1.29, 1.82) is 0 Å². The molecule has 0 aliphatic heterocycles. The van der Waals surface area contributed by atoms with E-state index < -0.39 is 17.6 Å². The summed E-state index contributed by atoms with van der Waals surface area (Å²) in [5, 5.41) is 4.52. The number of hydrogen-bond donors (Lipinski definition) is 1. The molecule has 0 saturated carbocycles. The summed E-state index contributed by atoms with van der Waals surface area (Å²) in [5.74, 6) is 0.633. The number of halogens is 4. The van der Waals surface area contributed by atoms with Crippen molar-refractivity contribution in [2.75, 3.05) is 5.32 Å². The molecule has 26 heavy (non-hydrogen) atoms. The highest BCUT2D eigenvalue weighted by Gasteiger charge is 2.30. The summed E-state index contributed by atoms with van der Waals surface area (Å²) < 4.78 is 44.5. The van der Waals surface area contributed by atoms with Crippen molar-refractivity contribution >= 4 is 38.3 Å². The van der Waals surface area contributed by atoms with Crippen LogP contribution in [0.15, 0.2) is 38.5 Å². The van der Waals surface area contributed by atoms with E-state index in [0.29, 0.717) is 32.8 Å². The Morgan fingerprint density at radius 2 is 2.00 bits per heavy atom. The third-order valence-corrected chi connectivity index (χ3v) is 5.34. The standard InChI is InChI=1S/C17H12BrF3N2O2S/c1-8-13(14(18)9(2)25-8)15(24)23-16-22-12(7-26-16)10-4-3-5-11(6-10)17(19,20)21/h3-7H,1-2H3,(H,22,23,24). The first-order chi connectivity index (χ1) is 12.2. The number of aromatic nitrogens is 1. The summed E-state index contributed by atoms with van der Waals surface area (Å²) in [5.41, 5.74) is 0.295. The summed E-state index contributed by atoms with van der Waals surface area (Å²) in [6, 6.07) is 4.89. The highest BCUT2D eigenvalue weighted by Crippen LogP contribution is 2.33. The molecule has 4 nitrogen and oxygen atoms in total. The first kappa shape index (κ1) is 18.7. The normalized spacial score (nSPS) is 11.6. The minimum atomic E-state index is -4.42. The van der Waals surface area contributed by atoms with Crippen LogP contribution in [0, 0.1) is 13.8 Å². The minimum absolute atomic E-state index is 0.285. The SMILES string of the molecule is Cc1oc(C)c(C(=O)Nc2nc(-c3cccc(C(F)(F)F)c3)cs2)c1Br. The van der Waals surface area contributed by atoms with Crippen LogP contribution in [0.3, 0.4) is 0 Å². The lowest BCUT2D eigenvalue weighted by Gasteiger charge is -2.07. The van der Waals surface area contributed by atoms with Gasteiger partial charge in [0, 0.05) is 10.9 Å². The van der Waals surface area contributed by atoms with E-state index in [0.717, 1.165) is 23.5 Å². The van der Waals surface area contributed by atoms with Gasteiger partial charge in [0.1, 0.15) is 11.5 Å². The van der Waals surface area contributed by atoms with Crippen LogP contribution in [-0.2, 0) is 6.18 Å². The van der Waals surface area contributed by atoms with E-state index in [1.807, 2.05) is 0 Å². The Bertz CT molecular complexity index is 979. The van der Waals surface area contributed by atoms with Crippen LogP contribution in [0.2, 0.25) is 0 Å². The first-order valence-electron chi connectivity index (χ1n) is 7.37. The van der Waals surface area contributed by atoms with Crippen molar-refractivity contribution in [2.45, 2.75) is 20.0 Å². The quantitative estimate of drug-likeness (QED) is 0.534. The highest BCUT2D eigenvalue weighted by molar-refractivity contribution is 9.10. The Morgan fingerprint density at radius 3 is 2.62 bits per heavy atom. The van der Waals surface area contributed by atoms with Crippen molar-refractivity contribution in [2.24, 2.45) is 0 Å². The van der Waals surface area contributed by atoms with Crippen LogP contribution in [0.4, 0.5) is 18.3 Å². The largest absolute Gasteiger partial charge is 0.465 e. The molecular formula is C17H12BrF3N2O2S. The van der Waals surface area contributed by atoms with E-state index in [4.69, 9.17) is 4.42 Å². The zero-order valence-electron chi connectivity index (χ0n) is 13.6. The predicted octanol–water partition coefficient (Wildman–Crippen LogP) is 6.05. The summed E-state index contributed by atoms with van der Waals surface area (Å²) in [6.07, 6.45) is -4.42. The maximum Gasteiger partial charge on any atom is 0.416 e. The average molecular weight is 445 g/mol. The Kier molecular flexibility index (Phi) is 4.94. The number of thiazole rings is 1. The molecule has 3 aromatic rings. The molecule has 3 rings (SSSR count). The maximum atomic E-state index is 12.8. The molecule has 2 aromatic heterocycles. The molecule has 2 heterocycles. The van der Waals surface area contributed by atoms with Gasteiger partial charge in [0.15, 0.2) is 5.13 Å². The number of carbonyl (C=O) groups excluding carboxylic acids is 1. The molecule has 0 radical (unpaired) electrons. The number of carbonyl (C=O) groups is 1. The molecule has 0 bridgehead atoms. The number of amides is 1. The summed E-state index contributed by atoms with van der Waals surface area (Å²) in [4.78, 5) is 16.6. The van der Waals surface area contributed by atoms with Crippen LogP contribution < -0.4 is 5.32 Å². The van der Waals surface area contributed by atoms with Crippen molar-refractivity contribution in [3.8, 4) is 11.3 Å². The molecule has 9 heteroatoms. The molecule has 136 valence electrons. The fourth-order valence-electron chi connectivity index (χ4n) is 2.39. The van der Waals surface area contributed by atoms with E-state index in [1.54, 1.807) is 19.2 Å². The Balaban J connectivity index is 1.84. The Hall–Kier alpha value is -2.13. The molecule has 0 saturated heterocycles. The maximum absolute atomic E-state index is 12.8. The molecular weight excluding hydrogens is 433 g/mol. The van der Waals surface area contributed by atoms with Gasteiger partial charge in [-0.15, -0.1) is 11.3 Å². The second-order valence-corrected chi connectivity index (χ2v) is 7.13. The third-order valence-electron chi connectivity index (χ3n) is 3.62. The number of nitrogens with zero attached hydrogens (tertiary/aromatic N) is 1. The summed E-state index contributed by atoms with van der Waals surface area (Å²) in [7, 11) is 0. The molecule has 0 atom stereocenters. The zero-order valence-corrected chi connectivity index (χ0v) is 16.0. The predicted molar refractivity (Wildman–Crippen MR) is 96.4 cm³/mol. The van der Waals surface area contributed by atoms with Gasteiger partial charge < -0.3 is 4.42 Å². The molecule has 0 unspecified atom stereocenters. The van der Waals surface area contributed by atoms with Crippen molar-refractivity contribution < 1.29 is 22.4 Å². The van der Waals surface area contributed by atoms with Crippen molar-refractivity contribution in [3.05, 3.63) is 56.8 Å². The monoisotopic (exact) mass is 444 g/mol. The van der Waals surface area contributed by atoms with Gasteiger partial charge in [-0.3, -0.25) is 10.1 Å². The van der Waals surface area contributed by atoms with Gasteiger partial charge in [-0.1, -0.05) is 12.1 Å². The zero-order chi connectivity index (χ0) is 19.1. The van der Waals surface area contributed by atoms with E-state index >= 15 is 0 Å². The first-order valence-corrected chi connectivity index (χ1v) is 9.04. The van der Waals surface area contributed by atoms with Crippen LogP contribution in [-0.4, -0.2) is 10.9 Å². The van der Waals surface area contributed by atoms with Gasteiger partial charge in [0.25, 0.3) is 5.91 Å². The number of hydrogen-bond acceptors (Lipinski definition) is 4. The van der Waals surface area contributed by atoms with Crippen LogP contribution in [0.5, 0.6) is 0 Å². The van der Waals surface area contributed by atoms with Gasteiger partial charge in [-0.25, -0.2) is 4.98 Å². The number of furan rings is 1. The van der Waals surface area contributed by atoms with Crippen molar-refractivity contribution in [1.82, 2.24) is 4.98 Å². The second-order valence-electron chi connectivity index (χ2n) is 5.47. The molecule has 1 amide bonds. The lowest BCUT2D eigenvalue weighted by Crippen LogP contribution is -2.12. The molecule has 1 aromatic carbocycles. The van der Waals surface area contributed by atoms with Gasteiger partial charge in [-0.05, 0) is 41.9 Å². The molecule has 0 fully saturated rings. The Morgan fingerprint density at radius 1 is 1.27 bits per heavy atom. The van der Waals surface area contributed by atoms with Gasteiger partial charge >= 0.3 is 6.18 Å². The van der Waals surface area contributed by atoms with Gasteiger partial charge in [0.2, 0.25) is 0 Å². The minimum Gasteiger partial charge on any atom is -0.465 e. The van der Waals surface area contributed by atoms with Crippen molar-refractivity contribution in [3.63, 3.8) is 0 Å². The smallest absolute Gasteiger partial charge is 0.416 e. The number of benzene rings is 1. The van der Waals surface area contributed by atoms with E-state index in [1.165, 1.54) is 12.1 Å². The van der Waals surface area contributed by atoms with Crippen LogP contribution >= 0.6 is 27.3 Å². The molecule has 1 N–H and O–H groups in total. The molecule has 0 aliphatic carbocycles. The topological polar surface area (TPSA) is 55.1 Å². The van der Waals surface area contributed by atoms with E-state index in [9.17, 15) is 18.0 Å². The van der Waals surface area contributed by atoms with Gasteiger partial charge in [0.05, 0.1) is 21.3 Å². The second kappa shape index (κ2) is 6.88. The van der Waals surface area contributed by atoms with Gasteiger partial charge in [-0.2, -0.15) is 13.2 Å². The lowest BCUT2D eigenvalue weighted by atomic mass is 10.1. The number of anilines is 1. The molecule has 0 spiro atoms. The van der Waals surface area contributed by atoms with Crippen LogP contribution in [0.1, 0.15) is 27.4 Å². The molecule has 0 aliphatic rings.